The van der Waals surface area contributed by atoms with Crippen molar-refractivity contribution >= 4 is 69.4 Å². The summed E-state index contributed by atoms with van der Waals surface area (Å²) in [6.45, 7) is 1.15. The molecule has 0 aromatic heterocycles. The number of rotatable bonds is 7. The molecule has 2 aromatic carbocycles. The molecular weight excluding hydrogens is 910 g/mol. The summed E-state index contributed by atoms with van der Waals surface area (Å²) in [5.41, 5.74) is 12.2. The van der Waals surface area contributed by atoms with Crippen molar-refractivity contribution in [2.45, 2.75) is 61.8 Å². The summed E-state index contributed by atoms with van der Waals surface area (Å²) in [6, 6.07) is -0.582. The first-order valence-electron chi connectivity index (χ1n) is 21.1. The van der Waals surface area contributed by atoms with Crippen molar-refractivity contribution in [2.24, 2.45) is 35.1 Å². The highest BCUT2D eigenvalue weighted by Gasteiger charge is 2.66. The Hall–Kier alpha value is -6.59. The molecule has 2 saturated carbocycles. The summed E-state index contributed by atoms with van der Waals surface area (Å²) >= 11 is 5.69. The number of nitrogens with zero attached hydrogens (tertiary/aromatic N) is 1. The molecule has 9 rings (SSSR count). The number of likely N-dealkylation sites (tertiary alicyclic amines) is 1. The van der Waals surface area contributed by atoms with Crippen molar-refractivity contribution in [1.29, 1.82) is 0 Å². The normalized spacial score (nSPS) is 30.0. The van der Waals surface area contributed by atoms with Gasteiger partial charge in [0.25, 0.3) is 11.8 Å². The number of carbonyl (C=O) groups excluding carboxylic acids is 6. The van der Waals surface area contributed by atoms with Crippen molar-refractivity contribution in [1.82, 2.24) is 10.2 Å². The van der Waals surface area contributed by atoms with Gasteiger partial charge in [0, 0.05) is 65.2 Å². The fourth-order valence-corrected chi connectivity index (χ4v) is 11.1. The predicted octanol–water partition coefficient (Wildman–Crippen LogP) is 0.172. The van der Waals surface area contributed by atoms with E-state index in [4.69, 9.17) is 34.5 Å². The Morgan fingerprint density at radius 3 is 1.58 bits per heavy atom. The molecule has 8 atom stereocenters. The molecule has 2 amide bonds. The zero-order valence-electron chi connectivity index (χ0n) is 35.1. The number of alkyl halides is 1. The average Bonchev–Trinajstić information content (AvgIpc) is 3.23. The molecule has 1 heterocycles. The second kappa shape index (κ2) is 16.3. The molecule has 7 aliphatic rings. The SMILES string of the molecule is NC(=O)C1=C(O)[C@@]2(O)C(=O)C3=C(O)c4c(O)c(N)cc(F)c4C[C@H]3C[C@H]2[C@H](N2CCC2)C1=O.NC(=O)C1=C(O)[C@@]2(O)C(=O)C3=C(O)c4c(O)c(N)cc(F)c4C[C@H]3C[C@H]2[C@H](NCCCCl)C1=O. The van der Waals surface area contributed by atoms with Crippen LogP contribution < -0.4 is 28.3 Å². The van der Waals surface area contributed by atoms with Crippen LogP contribution >= 0.6 is 11.6 Å². The maximum absolute atomic E-state index is 14.7. The van der Waals surface area contributed by atoms with E-state index in [1.165, 1.54) is 0 Å². The van der Waals surface area contributed by atoms with Crippen LogP contribution in [0.3, 0.4) is 0 Å². The average molecular weight is 955 g/mol. The summed E-state index contributed by atoms with van der Waals surface area (Å²) in [5.74, 6) is -17.3. The van der Waals surface area contributed by atoms with Crippen LogP contribution in [0.25, 0.3) is 11.5 Å². The Kier molecular flexibility index (Phi) is 11.4. The highest BCUT2D eigenvalue weighted by Crippen LogP contribution is 2.55. The van der Waals surface area contributed by atoms with Gasteiger partial charge in [-0.2, -0.15) is 0 Å². The third-order valence-corrected chi connectivity index (χ3v) is 14.5. The van der Waals surface area contributed by atoms with Gasteiger partial charge in [0.05, 0.1) is 34.6 Å². The van der Waals surface area contributed by atoms with Gasteiger partial charge in [-0.15, -0.1) is 11.6 Å². The number of ketones is 4. The van der Waals surface area contributed by atoms with E-state index in [1.807, 2.05) is 0 Å². The Balaban J connectivity index is 0.000000182. The van der Waals surface area contributed by atoms with Crippen LogP contribution in [0, 0.1) is 35.3 Å². The number of aliphatic hydroxyl groups excluding tert-OH is 4. The van der Waals surface area contributed by atoms with Crippen LogP contribution in [0.15, 0.2) is 45.9 Å². The number of aromatic hydroxyl groups is 2. The van der Waals surface area contributed by atoms with E-state index in [1.54, 1.807) is 4.90 Å². The molecule has 356 valence electrons. The molecule has 1 aliphatic heterocycles. The first-order chi connectivity index (χ1) is 31.5. The molecule has 0 bridgehead atoms. The lowest BCUT2D eigenvalue weighted by Crippen LogP contribution is -2.68. The molecule has 0 radical (unpaired) electrons. The van der Waals surface area contributed by atoms with Crippen molar-refractivity contribution in [3.05, 3.63) is 79.8 Å². The van der Waals surface area contributed by atoms with Crippen LogP contribution in [0.4, 0.5) is 20.2 Å². The third kappa shape index (κ3) is 6.59. The monoisotopic (exact) mass is 954 g/mol. The number of halogens is 3. The molecule has 20 nitrogen and oxygen atoms in total. The number of benzene rings is 2. The molecule has 6 aliphatic carbocycles. The first kappa shape index (κ1) is 46.9. The molecule has 17 N–H and O–H groups in total. The van der Waals surface area contributed by atoms with E-state index in [2.05, 4.69) is 5.32 Å². The molecule has 0 unspecified atom stereocenters. The highest BCUT2D eigenvalue weighted by molar-refractivity contribution is 6.26. The van der Waals surface area contributed by atoms with Crippen molar-refractivity contribution in [2.75, 3.05) is 37.0 Å². The van der Waals surface area contributed by atoms with E-state index < -0.39 is 139 Å². The standard InChI is InChI=1S/C22H23ClFN3O7.C22H22FN3O7/c23-2-1-3-27-15-9-5-7-4-8-10(24)6-11(25)16(28)13(8)17(29)12(7)19(31)22(9,34)20(32)14(18(15)30)21(26)33;23-10-6-11(24)16(27)13-8(10)4-7-5-9-15(26-2-1-3-26)18(29)14(21(25)32)20(31)22(9,33)19(30)12(7)17(13)28/h6-7,9,15,27-29,32,34H,1-5,25H2,(H2,26,33);6-7,9,15,27-28,31,33H,1-5,24H2,(H2,25,32)/t2*7-,9-,15-,22-/m00/s1. The second-order valence-corrected chi connectivity index (χ2v) is 18.1. The van der Waals surface area contributed by atoms with Gasteiger partial charge < -0.3 is 69.1 Å². The Bertz CT molecular complexity index is 2790. The summed E-state index contributed by atoms with van der Waals surface area (Å²) in [5, 5.41) is 89.9. The van der Waals surface area contributed by atoms with Gasteiger partial charge in [0.15, 0.2) is 22.8 Å². The van der Waals surface area contributed by atoms with E-state index >= 15 is 0 Å². The first-order valence-corrected chi connectivity index (χ1v) is 21.6. The number of primary amides is 2. The maximum Gasteiger partial charge on any atom is 0.255 e. The number of aliphatic hydroxyl groups is 6. The van der Waals surface area contributed by atoms with E-state index in [9.17, 15) is 78.4 Å². The van der Waals surface area contributed by atoms with Gasteiger partial charge in [-0.05, 0) is 56.9 Å². The smallest absolute Gasteiger partial charge is 0.255 e. The Labute approximate surface area is 382 Å². The Morgan fingerprint density at radius 1 is 0.731 bits per heavy atom. The molecule has 67 heavy (non-hydrogen) atoms. The van der Waals surface area contributed by atoms with Crippen molar-refractivity contribution < 1.29 is 78.4 Å². The summed E-state index contributed by atoms with van der Waals surface area (Å²) in [7, 11) is 0. The number of hydrogen-bond donors (Lipinski definition) is 13. The number of nitrogens with two attached hydrogens (primary N) is 4. The number of amides is 2. The van der Waals surface area contributed by atoms with Gasteiger partial charge in [-0.1, -0.05) is 0 Å². The number of nitrogens with one attached hydrogen (secondary N) is 1. The lowest BCUT2D eigenvalue weighted by atomic mass is 9.57. The van der Waals surface area contributed by atoms with Crippen molar-refractivity contribution in [3.63, 3.8) is 0 Å². The van der Waals surface area contributed by atoms with Crippen LogP contribution in [0.2, 0.25) is 0 Å². The minimum atomic E-state index is -2.78. The van der Waals surface area contributed by atoms with E-state index in [0.29, 0.717) is 19.5 Å². The van der Waals surface area contributed by atoms with Gasteiger partial charge >= 0.3 is 0 Å². The number of phenols is 2. The third-order valence-electron chi connectivity index (χ3n) is 14.3. The lowest BCUT2D eigenvalue weighted by Gasteiger charge is -2.52. The van der Waals surface area contributed by atoms with Crippen LogP contribution in [-0.4, -0.2) is 129 Å². The lowest BCUT2D eigenvalue weighted by molar-refractivity contribution is -0.157. The van der Waals surface area contributed by atoms with Gasteiger partial charge in [0.2, 0.25) is 11.6 Å². The topological polar surface area (TPSA) is 384 Å². The molecule has 23 heteroatoms. The zero-order valence-corrected chi connectivity index (χ0v) is 35.9. The van der Waals surface area contributed by atoms with Gasteiger partial charge in [-0.25, -0.2) is 8.78 Å². The minimum Gasteiger partial charge on any atom is -0.508 e. The minimum absolute atomic E-state index is 0.0496. The number of carbonyl (C=O) groups is 6. The zero-order chi connectivity index (χ0) is 49.1. The fourth-order valence-electron chi connectivity index (χ4n) is 11.0. The largest absolute Gasteiger partial charge is 0.508 e. The van der Waals surface area contributed by atoms with Crippen LogP contribution in [0.5, 0.6) is 11.5 Å². The quantitative estimate of drug-likeness (QED) is 0.0578. The van der Waals surface area contributed by atoms with Gasteiger partial charge in [0.1, 0.15) is 57.3 Å². The molecule has 1 saturated heterocycles. The maximum atomic E-state index is 14.7. The fraction of sp³-hybridized carbons (Fsp3) is 0.409. The molecular formula is C44H45ClF2N6O14. The number of anilines is 2. The second-order valence-electron chi connectivity index (χ2n) is 17.7. The number of nitrogen functional groups attached to an aromatic ring is 2. The molecule has 3 fully saturated rings. The van der Waals surface area contributed by atoms with E-state index in [0.717, 1.165) is 18.6 Å². The molecule has 2 aromatic rings. The highest BCUT2D eigenvalue weighted by atomic mass is 35.5. The predicted molar refractivity (Wildman–Crippen MR) is 229 cm³/mol. The number of Topliss-reactive ketones (excluding diaryl/α,β-unsaturated/α-hetero) is 4. The number of fused-ring (bicyclic) bond motifs is 6. The summed E-state index contributed by atoms with van der Waals surface area (Å²) in [4.78, 5) is 79.0. The van der Waals surface area contributed by atoms with E-state index in [-0.39, 0.29) is 82.9 Å². The van der Waals surface area contributed by atoms with Crippen molar-refractivity contribution in [3.8, 4) is 11.5 Å². The van der Waals surface area contributed by atoms with Crippen LogP contribution in [0.1, 0.15) is 47.9 Å². The van der Waals surface area contributed by atoms with Crippen LogP contribution in [-0.2, 0) is 41.6 Å². The number of phenolic OH excluding ortho intramolecular Hbond substituents is 2. The molecule has 0 spiro atoms. The summed E-state index contributed by atoms with van der Waals surface area (Å²) < 4.78 is 29.3. The number of hydrogen-bond acceptors (Lipinski definition) is 18. The van der Waals surface area contributed by atoms with Gasteiger partial charge in [-0.3, -0.25) is 33.7 Å². The Morgan fingerprint density at radius 2 is 1.16 bits per heavy atom. The summed E-state index contributed by atoms with van der Waals surface area (Å²) in [6.07, 6.45) is 0.698.